The summed E-state index contributed by atoms with van der Waals surface area (Å²) in [5.41, 5.74) is 2.97. The smallest absolute Gasteiger partial charge is 0.220 e. The SMILES string of the molecule is CCNC(=NCC(CC)N1CCc2ccccc2C1)N1CCC(CC(=O)NC)CC1. The van der Waals surface area contributed by atoms with Crippen LogP contribution in [0.15, 0.2) is 29.3 Å². The molecule has 0 saturated carbocycles. The molecule has 6 nitrogen and oxygen atoms in total. The van der Waals surface area contributed by atoms with Crippen molar-refractivity contribution < 1.29 is 4.79 Å². The molecule has 1 aromatic carbocycles. The third-order valence-corrected chi connectivity index (χ3v) is 6.60. The Morgan fingerprint density at radius 1 is 1.17 bits per heavy atom. The number of piperidine rings is 1. The third-order valence-electron chi connectivity index (χ3n) is 6.60. The van der Waals surface area contributed by atoms with Gasteiger partial charge < -0.3 is 15.5 Å². The van der Waals surface area contributed by atoms with Crippen LogP contribution in [0.2, 0.25) is 0 Å². The van der Waals surface area contributed by atoms with E-state index in [1.165, 1.54) is 11.1 Å². The molecular weight excluding hydrogens is 374 g/mol. The molecule has 0 aromatic heterocycles. The molecule has 2 N–H and O–H groups in total. The van der Waals surface area contributed by atoms with Crippen LogP contribution in [0.3, 0.4) is 0 Å². The van der Waals surface area contributed by atoms with Gasteiger partial charge in [0.2, 0.25) is 5.91 Å². The van der Waals surface area contributed by atoms with Crippen LogP contribution >= 0.6 is 0 Å². The zero-order chi connectivity index (χ0) is 21.3. The van der Waals surface area contributed by atoms with Gasteiger partial charge in [-0.25, -0.2) is 0 Å². The predicted molar refractivity (Wildman–Crippen MR) is 124 cm³/mol. The maximum atomic E-state index is 11.7. The summed E-state index contributed by atoms with van der Waals surface area (Å²) in [6, 6.07) is 9.31. The number of hydrogen-bond donors (Lipinski definition) is 2. The van der Waals surface area contributed by atoms with E-state index in [-0.39, 0.29) is 5.91 Å². The van der Waals surface area contributed by atoms with Crippen LogP contribution in [-0.2, 0) is 17.8 Å². The Balaban J connectivity index is 1.58. The van der Waals surface area contributed by atoms with E-state index in [4.69, 9.17) is 4.99 Å². The fourth-order valence-electron chi connectivity index (χ4n) is 4.66. The number of carbonyl (C=O) groups is 1. The first kappa shape index (κ1) is 22.6. The minimum atomic E-state index is 0.155. The first-order valence-corrected chi connectivity index (χ1v) is 11.7. The molecule has 2 aliphatic rings. The Morgan fingerprint density at radius 3 is 2.57 bits per heavy atom. The van der Waals surface area contributed by atoms with E-state index in [1.807, 2.05) is 0 Å². The van der Waals surface area contributed by atoms with Crippen molar-refractivity contribution in [2.75, 3.05) is 39.8 Å². The Hall–Kier alpha value is -2.08. The van der Waals surface area contributed by atoms with Crippen LogP contribution in [-0.4, -0.2) is 67.5 Å². The number of nitrogens with zero attached hydrogens (tertiary/aromatic N) is 3. The quantitative estimate of drug-likeness (QED) is 0.533. The van der Waals surface area contributed by atoms with Gasteiger partial charge >= 0.3 is 0 Å². The molecule has 1 fully saturated rings. The molecule has 0 radical (unpaired) electrons. The summed E-state index contributed by atoms with van der Waals surface area (Å²) in [5.74, 6) is 1.68. The van der Waals surface area contributed by atoms with Crippen LogP contribution < -0.4 is 10.6 Å². The van der Waals surface area contributed by atoms with Crippen LogP contribution in [0, 0.1) is 5.92 Å². The van der Waals surface area contributed by atoms with E-state index < -0.39 is 0 Å². The number of hydrogen-bond acceptors (Lipinski definition) is 3. The van der Waals surface area contributed by atoms with Crippen molar-refractivity contribution in [1.82, 2.24) is 20.4 Å². The molecule has 0 bridgehead atoms. The monoisotopic (exact) mass is 413 g/mol. The number of benzene rings is 1. The van der Waals surface area contributed by atoms with Crippen molar-refractivity contribution in [3.05, 3.63) is 35.4 Å². The minimum absolute atomic E-state index is 0.155. The van der Waals surface area contributed by atoms with Crippen molar-refractivity contribution >= 4 is 11.9 Å². The lowest BCUT2D eigenvalue weighted by atomic mass is 9.93. The molecule has 3 rings (SSSR count). The van der Waals surface area contributed by atoms with Gasteiger partial charge in [0, 0.05) is 52.2 Å². The number of rotatable bonds is 7. The largest absolute Gasteiger partial charge is 0.359 e. The van der Waals surface area contributed by atoms with Crippen molar-refractivity contribution in [3.8, 4) is 0 Å². The molecule has 1 amide bonds. The summed E-state index contributed by atoms with van der Waals surface area (Å²) >= 11 is 0. The fraction of sp³-hybridized carbons (Fsp3) is 0.667. The number of carbonyl (C=O) groups excluding carboxylic acids is 1. The van der Waals surface area contributed by atoms with Crippen molar-refractivity contribution in [1.29, 1.82) is 0 Å². The highest BCUT2D eigenvalue weighted by Gasteiger charge is 2.25. The maximum Gasteiger partial charge on any atom is 0.220 e. The summed E-state index contributed by atoms with van der Waals surface area (Å²) in [6.07, 6.45) is 5.00. The van der Waals surface area contributed by atoms with E-state index >= 15 is 0 Å². The molecule has 0 spiro atoms. The average Bonchev–Trinajstić information content (AvgIpc) is 2.79. The number of likely N-dealkylation sites (tertiary alicyclic amines) is 1. The van der Waals surface area contributed by atoms with Crippen molar-refractivity contribution in [2.45, 2.75) is 58.5 Å². The van der Waals surface area contributed by atoms with Gasteiger partial charge in [0.1, 0.15) is 0 Å². The topological polar surface area (TPSA) is 60.0 Å². The summed E-state index contributed by atoms with van der Waals surface area (Å²) in [7, 11) is 1.72. The summed E-state index contributed by atoms with van der Waals surface area (Å²) in [6.45, 7) is 10.2. The lowest BCUT2D eigenvalue weighted by molar-refractivity contribution is -0.121. The lowest BCUT2D eigenvalue weighted by Gasteiger charge is -2.36. The normalized spacial score (nSPS) is 19.3. The molecule has 6 heteroatoms. The number of fused-ring (bicyclic) bond motifs is 1. The number of guanidine groups is 1. The summed E-state index contributed by atoms with van der Waals surface area (Å²) < 4.78 is 0. The van der Waals surface area contributed by atoms with E-state index in [0.717, 1.165) is 70.9 Å². The number of nitrogens with one attached hydrogen (secondary N) is 2. The van der Waals surface area contributed by atoms with Crippen LogP contribution in [0.25, 0.3) is 0 Å². The first-order valence-electron chi connectivity index (χ1n) is 11.7. The Bertz CT molecular complexity index is 711. The number of aliphatic imine (C=N–C) groups is 1. The Kier molecular flexibility index (Phi) is 8.55. The van der Waals surface area contributed by atoms with Gasteiger partial charge in [-0.05, 0) is 49.7 Å². The highest BCUT2D eigenvalue weighted by molar-refractivity contribution is 5.80. The van der Waals surface area contributed by atoms with E-state index in [0.29, 0.717) is 18.4 Å². The highest BCUT2D eigenvalue weighted by Crippen LogP contribution is 2.22. The second-order valence-corrected chi connectivity index (χ2v) is 8.55. The van der Waals surface area contributed by atoms with Crippen LogP contribution in [0.4, 0.5) is 0 Å². The minimum Gasteiger partial charge on any atom is -0.359 e. The zero-order valence-corrected chi connectivity index (χ0v) is 19.0. The average molecular weight is 414 g/mol. The van der Waals surface area contributed by atoms with Gasteiger partial charge in [-0.3, -0.25) is 14.7 Å². The van der Waals surface area contributed by atoms with Gasteiger partial charge in [0.15, 0.2) is 5.96 Å². The van der Waals surface area contributed by atoms with Crippen LogP contribution in [0.5, 0.6) is 0 Å². The van der Waals surface area contributed by atoms with Gasteiger partial charge in [-0.15, -0.1) is 0 Å². The first-order chi connectivity index (χ1) is 14.6. The molecule has 1 atom stereocenters. The Labute approximate surface area is 182 Å². The van der Waals surface area contributed by atoms with E-state index in [9.17, 15) is 4.79 Å². The van der Waals surface area contributed by atoms with Crippen molar-refractivity contribution in [3.63, 3.8) is 0 Å². The fourth-order valence-corrected chi connectivity index (χ4v) is 4.66. The lowest BCUT2D eigenvalue weighted by Crippen LogP contribution is -2.47. The van der Waals surface area contributed by atoms with Gasteiger partial charge in [0.25, 0.3) is 0 Å². The standard InChI is InChI=1S/C24H39N5O/c1-4-22(29-15-12-20-8-6-7-9-21(20)18-29)17-27-24(26-5-2)28-13-10-19(11-14-28)16-23(30)25-3/h6-9,19,22H,4-5,10-18H2,1-3H3,(H,25,30)(H,26,27). The second-order valence-electron chi connectivity index (χ2n) is 8.55. The van der Waals surface area contributed by atoms with E-state index in [2.05, 4.69) is 58.5 Å². The molecule has 2 heterocycles. The third kappa shape index (κ3) is 5.97. The number of amides is 1. The summed E-state index contributed by atoms with van der Waals surface area (Å²) in [5, 5.41) is 6.25. The Morgan fingerprint density at radius 2 is 1.90 bits per heavy atom. The van der Waals surface area contributed by atoms with Gasteiger partial charge in [-0.2, -0.15) is 0 Å². The van der Waals surface area contributed by atoms with E-state index in [1.54, 1.807) is 7.05 Å². The maximum absolute atomic E-state index is 11.7. The summed E-state index contributed by atoms with van der Waals surface area (Å²) in [4.78, 5) is 21.7. The van der Waals surface area contributed by atoms with Crippen molar-refractivity contribution in [2.24, 2.45) is 10.9 Å². The molecular formula is C24H39N5O. The molecule has 1 unspecified atom stereocenters. The molecule has 2 aliphatic heterocycles. The van der Waals surface area contributed by atoms with Gasteiger partial charge in [-0.1, -0.05) is 31.2 Å². The molecule has 1 aromatic rings. The molecule has 0 aliphatic carbocycles. The zero-order valence-electron chi connectivity index (χ0n) is 19.0. The molecule has 30 heavy (non-hydrogen) atoms. The molecule has 166 valence electrons. The predicted octanol–water partition coefficient (Wildman–Crippen LogP) is 2.64. The molecule has 1 saturated heterocycles. The second kappa shape index (κ2) is 11.3. The van der Waals surface area contributed by atoms with Crippen LogP contribution in [0.1, 0.15) is 50.7 Å². The van der Waals surface area contributed by atoms with Gasteiger partial charge in [0.05, 0.1) is 6.54 Å². The highest BCUT2D eigenvalue weighted by atomic mass is 16.1.